The number of halogens is 1. The Bertz CT molecular complexity index is 457. The van der Waals surface area contributed by atoms with E-state index in [1.165, 1.54) is 44.4 Å². The van der Waals surface area contributed by atoms with Crippen molar-refractivity contribution in [3.8, 4) is 0 Å². The maximum atomic E-state index is 7.55. The van der Waals surface area contributed by atoms with Gasteiger partial charge in [-0.05, 0) is 0 Å². The second-order valence-corrected chi connectivity index (χ2v) is 17.3. The fraction of sp³-hybridized carbons (Fsp3) is 0.818. The van der Waals surface area contributed by atoms with E-state index in [4.69, 9.17) is 11.6 Å². The van der Waals surface area contributed by atoms with E-state index in [0.29, 0.717) is 5.41 Å². The third kappa shape index (κ3) is 4.67. The molecule has 0 saturated carbocycles. The number of hydrogen-bond donors (Lipinski definition) is 0. The number of allylic oxidation sites excluding steroid dienone is 4. The molecule has 142 valence electrons. The molecule has 0 spiro atoms. The van der Waals surface area contributed by atoms with E-state index in [1.807, 2.05) is 0 Å². The van der Waals surface area contributed by atoms with Gasteiger partial charge in [-0.2, -0.15) is 0 Å². The zero-order valence-corrected chi connectivity index (χ0v) is 19.1. The van der Waals surface area contributed by atoms with Crippen molar-refractivity contribution in [2.45, 2.75) is 91.1 Å². The molecule has 0 aromatic carbocycles. The minimum absolute atomic E-state index is 0.0823. The third-order valence-electron chi connectivity index (χ3n) is 6.51. The average molecular weight is 373 g/mol. The topological polar surface area (TPSA) is 0 Å². The summed E-state index contributed by atoms with van der Waals surface area (Å²) in [6, 6.07) is 0. The SMILES string of the molecule is CCCCP(C)(CCCC)(C1=CC=CC1)C(C)(Cl)CCC(C)(C)C. The zero-order chi connectivity index (χ0) is 18.5. The van der Waals surface area contributed by atoms with Gasteiger partial charge in [0.25, 0.3) is 0 Å². The first-order valence-electron chi connectivity index (χ1n) is 10.1. The Kier molecular flexibility index (Phi) is 7.66. The number of hydrogen-bond acceptors (Lipinski definition) is 0. The monoisotopic (exact) mass is 372 g/mol. The van der Waals surface area contributed by atoms with Crippen LogP contribution in [-0.4, -0.2) is 23.6 Å². The van der Waals surface area contributed by atoms with Gasteiger partial charge < -0.3 is 0 Å². The molecule has 1 rings (SSSR count). The summed E-state index contributed by atoms with van der Waals surface area (Å²) >= 11 is 7.55. The molecule has 2 heteroatoms. The zero-order valence-electron chi connectivity index (χ0n) is 17.4. The van der Waals surface area contributed by atoms with Crippen molar-refractivity contribution in [2.75, 3.05) is 19.0 Å². The van der Waals surface area contributed by atoms with Crippen LogP contribution in [0.1, 0.15) is 86.5 Å². The Balaban J connectivity index is 3.31. The molecule has 1 atom stereocenters. The van der Waals surface area contributed by atoms with Crippen LogP contribution in [0.2, 0.25) is 0 Å². The van der Waals surface area contributed by atoms with E-state index >= 15 is 0 Å². The van der Waals surface area contributed by atoms with Crippen LogP contribution in [0.3, 0.4) is 0 Å². The Labute approximate surface area is 157 Å². The second-order valence-electron chi connectivity index (χ2n) is 9.70. The minimum atomic E-state index is -2.17. The van der Waals surface area contributed by atoms with E-state index in [9.17, 15) is 0 Å². The van der Waals surface area contributed by atoms with Crippen molar-refractivity contribution in [2.24, 2.45) is 5.41 Å². The molecule has 0 aromatic rings. The molecule has 1 aliphatic carbocycles. The summed E-state index contributed by atoms with van der Waals surface area (Å²) in [4.78, 5) is 0. The van der Waals surface area contributed by atoms with Crippen molar-refractivity contribution in [1.29, 1.82) is 0 Å². The molecule has 1 unspecified atom stereocenters. The first-order valence-corrected chi connectivity index (χ1v) is 13.5. The van der Waals surface area contributed by atoms with Crippen molar-refractivity contribution >= 4 is 18.2 Å². The van der Waals surface area contributed by atoms with Gasteiger partial charge in [0.05, 0.1) is 0 Å². The molecule has 0 N–H and O–H groups in total. The molecule has 0 heterocycles. The molecule has 0 fully saturated rings. The molecule has 0 amide bonds. The number of unbranched alkanes of at least 4 members (excludes halogenated alkanes) is 2. The van der Waals surface area contributed by atoms with Crippen LogP contribution >= 0.6 is 18.2 Å². The first kappa shape index (κ1) is 22.2. The normalized spacial score (nSPS) is 19.7. The van der Waals surface area contributed by atoms with Crippen molar-refractivity contribution in [3.05, 3.63) is 23.5 Å². The molecule has 0 aliphatic heterocycles. The van der Waals surface area contributed by atoms with E-state index in [2.05, 4.69) is 66.4 Å². The van der Waals surface area contributed by atoms with Crippen molar-refractivity contribution < 1.29 is 0 Å². The van der Waals surface area contributed by atoms with Gasteiger partial charge in [0.15, 0.2) is 0 Å². The van der Waals surface area contributed by atoms with Gasteiger partial charge in [0.1, 0.15) is 0 Å². The van der Waals surface area contributed by atoms with Crippen LogP contribution in [0.15, 0.2) is 23.5 Å². The predicted molar refractivity (Wildman–Crippen MR) is 117 cm³/mol. The standard InChI is InChI=1S/C22H42ClP/c1-8-10-18-24(7,19-11-9-2,20-14-12-13-15-20)22(6,23)17-16-21(3,4)5/h12-14H,8-11,15-19H2,1-7H3. The van der Waals surface area contributed by atoms with Crippen LogP contribution < -0.4 is 0 Å². The van der Waals surface area contributed by atoms with E-state index in [1.54, 1.807) is 5.31 Å². The quantitative estimate of drug-likeness (QED) is 0.266. The average Bonchev–Trinajstić information content (AvgIpc) is 3.04. The van der Waals surface area contributed by atoms with Crippen LogP contribution in [0.5, 0.6) is 0 Å². The summed E-state index contributed by atoms with van der Waals surface area (Å²) in [6.07, 6.45) is 18.4. The van der Waals surface area contributed by atoms with Gasteiger partial charge in [-0.1, -0.05) is 0 Å². The van der Waals surface area contributed by atoms with Crippen LogP contribution in [0.4, 0.5) is 0 Å². The van der Waals surface area contributed by atoms with Crippen LogP contribution in [-0.2, 0) is 0 Å². The molecular weight excluding hydrogens is 331 g/mol. The van der Waals surface area contributed by atoms with Gasteiger partial charge in [-0.3, -0.25) is 0 Å². The Hall–Kier alpha value is 0.200. The molecular formula is C22H42ClP. The summed E-state index contributed by atoms with van der Waals surface area (Å²) in [5, 5.41) is 1.70. The summed E-state index contributed by atoms with van der Waals surface area (Å²) in [7, 11) is 0. The van der Waals surface area contributed by atoms with Crippen LogP contribution in [0, 0.1) is 5.41 Å². The Morgan fingerprint density at radius 2 is 1.54 bits per heavy atom. The maximum absolute atomic E-state index is 7.55. The second kappa shape index (κ2) is 8.26. The molecule has 1 aliphatic rings. The molecule has 0 nitrogen and oxygen atoms in total. The molecule has 0 radical (unpaired) electrons. The summed E-state index contributed by atoms with van der Waals surface area (Å²) in [6.45, 7) is 14.5. The first-order chi connectivity index (χ1) is 11.0. The Morgan fingerprint density at radius 3 is 1.92 bits per heavy atom. The fourth-order valence-corrected chi connectivity index (χ4v) is 11.7. The van der Waals surface area contributed by atoms with Gasteiger partial charge >= 0.3 is 157 Å². The van der Waals surface area contributed by atoms with Crippen LogP contribution in [0.25, 0.3) is 0 Å². The molecule has 0 aromatic heterocycles. The predicted octanol–water partition coefficient (Wildman–Crippen LogP) is 8.39. The summed E-state index contributed by atoms with van der Waals surface area (Å²) < 4.78 is -0.0823. The molecule has 24 heavy (non-hydrogen) atoms. The fourth-order valence-electron chi connectivity index (χ4n) is 4.19. The Morgan fingerprint density at radius 1 is 1.00 bits per heavy atom. The number of alkyl halides is 1. The van der Waals surface area contributed by atoms with Crippen molar-refractivity contribution in [3.63, 3.8) is 0 Å². The van der Waals surface area contributed by atoms with E-state index in [0.717, 1.165) is 12.8 Å². The summed E-state index contributed by atoms with van der Waals surface area (Å²) in [5.74, 6) is 0. The van der Waals surface area contributed by atoms with Gasteiger partial charge in [0.2, 0.25) is 0 Å². The van der Waals surface area contributed by atoms with Gasteiger partial charge in [-0.25, -0.2) is 0 Å². The van der Waals surface area contributed by atoms with Gasteiger partial charge in [0, 0.05) is 0 Å². The van der Waals surface area contributed by atoms with Crippen molar-refractivity contribution in [1.82, 2.24) is 0 Å². The van der Waals surface area contributed by atoms with E-state index in [-0.39, 0.29) is 4.62 Å². The molecule has 0 saturated heterocycles. The molecule has 0 bridgehead atoms. The number of rotatable bonds is 10. The summed E-state index contributed by atoms with van der Waals surface area (Å²) in [5.41, 5.74) is 0.350. The van der Waals surface area contributed by atoms with Gasteiger partial charge in [-0.15, -0.1) is 0 Å². The van der Waals surface area contributed by atoms with E-state index < -0.39 is 6.60 Å². The third-order valence-corrected chi connectivity index (χ3v) is 16.2.